The summed E-state index contributed by atoms with van der Waals surface area (Å²) < 4.78 is 7.09. The van der Waals surface area contributed by atoms with Crippen molar-refractivity contribution in [3.8, 4) is 62.4 Å². The lowest BCUT2D eigenvalue weighted by atomic mass is 10.00. The van der Waals surface area contributed by atoms with Gasteiger partial charge in [0, 0.05) is 68.3 Å². The number of fused-ring (bicyclic) bond motifs is 7. The molecular weight excluding hydrogens is 759 g/mol. The number of hydrogen-bond donors (Lipinski definition) is 0. The summed E-state index contributed by atoms with van der Waals surface area (Å²) >= 11 is 3.59. The van der Waals surface area contributed by atoms with Crippen molar-refractivity contribution in [1.29, 1.82) is 0 Å². The molecule has 0 N–H and O–H groups in total. The number of rotatable bonds is 6. The lowest BCUT2D eigenvalue weighted by molar-refractivity contribution is 1.08. The van der Waals surface area contributed by atoms with Gasteiger partial charge in [0.1, 0.15) is 5.82 Å². The molecule has 0 aliphatic carbocycles. The van der Waals surface area contributed by atoms with Gasteiger partial charge in [0.25, 0.3) is 0 Å². The largest absolute Gasteiger partial charge is 0.292 e. The van der Waals surface area contributed by atoms with Crippen LogP contribution in [0.5, 0.6) is 0 Å². The van der Waals surface area contributed by atoms with Crippen LogP contribution in [-0.2, 0) is 0 Å². The molecule has 0 saturated heterocycles. The first-order valence-corrected chi connectivity index (χ1v) is 21.2. The van der Waals surface area contributed by atoms with Crippen molar-refractivity contribution in [2.75, 3.05) is 0 Å². The third kappa shape index (κ3) is 5.66. The maximum absolute atomic E-state index is 5.29. The van der Waals surface area contributed by atoms with Crippen molar-refractivity contribution in [3.63, 3.8) is 0 Å². The van der Waals surface area contributed by atoms with Gasteiger partial charge in [0.05, 0.1) is 11.0 Å². The SMILES string of the molecule is c1ccc(-c2nc(-c3cccc4c3sc3ccc(-c5cccc(-c6nc7ccccc7n6-c6ccccc6)c5)cc34)nc(-c3cccc4sc5ccccc5c34)n2)cc1. The van der Waals surface area contributed by atoms with Gasteiger partial charge in [-0.1, -0.05) is 127 Å². The molecule has 12 aromatic rings. The second-order valence-corrected chi connectivity index (χ2v) is 16.8. The molecule has 8 aromatic carbocycles. The highest BCUT2D eigenvalue weighted by Crippen LogP contribution is 2.43. The Kier molecular flexibility index (Phi) is 7.82. The summed E-state index contributed by atoms with van der Waals surface area (Å²) in [5.41, 5.74) is 9.44. The molecule has 276 valence electrons. The molecule has 0 fully saturated rings. The molecule has 0 aliphatic rings. The Morgan fingerprint density at radius 3 is 1.90 bits per heavy atom. The van der Waals surface area contributed by atoms with E-state index in [9.17, 15) is 0 Å². The van der Waals surface area contributed by atoms with Gasteiger partial charge < -0.3 is 0 Å². The first-order chi connectivity index (χ1) is 29.2. The van der Waals surface area contributed by atoms with Gasteiger partial charge in [-0.15, -0.1) is 22.7 Å². The Labute approximate surface area is 347 Å². The van der Waals surface area contributed by atoms with Crippen LogP contribution in [0.3, 0.4) is 0 Å². The highest BCUT2D eigenvalue weighted by molar-refractivity contribution is 7.26. The second-order valence-electron chi connectivity index (χ2n) is 14.6. The third-order valence-electron chi connectivity index (χ3n) is 11.1. The van der Waals surface area contributed by atoms with Crippen LogP contribution in [0.25, 0.3) is 114 Å². The standard InChI is InChI=1S/C52H31N5S2/c1-3-14-32(15-4-1)49-54-50(39-22-13-27-46-47(39)38-20-7-10-26-44(38)58-46)56-51(55-49)40-23-12-21-37-41-31-34(28-29-45(41)59-48(37)40)33-16-11-17-35(30-33)52-53-42-24-8-9-25-43(42)57(52)36-18-5-2-6-19-36/h1-31H. The normalized spacial score (nSPS) is 11.7. The van der Waals surface area contributed by atoms with Crippen molar-refractivity contribution >= 4 is 74.1 Å². The van der Waals surface area contributed by atoms with E-state index >= 15 is 0 Å². The summed E-state index contributed by atoms with van der Waals surface area (Å²) in [5.74, 6) is 2.91. The number of imidazole rings is 1. The van der Waals surface area contributed by atoms with Crippen LogP contribution in [0.1, 0.15) is 0 Å². The number of nitrogens with zero attached hydrogens (tertiary/aromatic N) is 5. The summed E-state index contributed by atoms with van der Waals surface area (Å²) in [6.45, 7) is 0. The van der Waals surface area contributed by atoms with Crippen molar-refractivity contribution in [2.45, 2.75) is 0 Å². The fourth-order valence-electron chi connectivity index (χ4n) is 8.34. The molecule has 5 nitrogen and oxygen atoms in total. The lowest BCUT2D eigenvalue weighted by Gasteiger charge is -2.11. The van der Waals surface area contributed by atoms with Crippen LogP contribution >= 0.6 is 22.7 Å². The van der Waals surface area contributed by atoms with Crippen molar-refractivity contribution < 1.29 is 0 Å². The van der Waals surface area contributed by atoms with Gasteiger partial charge in [-0.25, -0.2) is 19.9 Å². The first kappa shape index (κ1) is 33.8. The van der Waals surface area contributed by atoms with Gasteiger partial charge in [0.15, 0.2) is 17.5 Å². The molecule has 59 heavy (non-hydrogen) atoms. The van der Waals surface area contributed by atoms with E-state index in [1.165, 1.54) is 35.6 Å². The van der Waals surface area contributed by atoms with E-state index in [2.05, 4.69) is 162 Å². The first-order valence-electron chi connectivity index (χ1n) is 19.5. The Balaban J connectivity index is 1.000. The van der Waals surface area contributed by atoms with Crippen molar-refractivity contribution in [3.05, 3.63) is 188 Å². The van der Waals surface area contributed by atoms with Gasteiger partial charge >= 0.3 is 0 Å². The molecule has 0 saturated carbocycles. The predicted molar refractivity (Wildman–Crippen MR) is 247 cm³/mol. The summed E-state index contributed by atoms with van der Waals surface area (Å²) in [6, 6.07) is 66.1. The average molecular weight is 790 g/mol. The molecule has 0 atom stereocenters. The molecule has 7 heteroatoms. The fourth-order valence-corrected chi connectivity index (χ4v) is 10.7. The zero-order valence-electron chi connectivity index (χ0n) is 31.5. The molecule has 4 aromatic heterocycles. The zero-order chi connectivity index (χ0) is 38.9. The molecule has 0 bridgehead atoms. The van der Waals surface area contributed by atoms with Gasteiger partial charge in [-0.05, 0) is 71.8 Å². The molecule has 0 spiro atoms. The van der Waals surface area contributed by atoms with Crippen LogP contribution in [0.2, 0.25) is 0 Å². The van der Waals surface area contributed by atoms with Crippen molar-refractivity contribution in [2.24, 2.45) is 0 Å². The van der Waals surface area contributed by atoms with E-state index in [1.54, 1.807) is 22.7 Å². The van der Waals surface area contributed by atoms with E-state index in [0.29, 0.717) is 17.5 Å². The fraction of sp³-hybridized carbons (Fsp3) is 0. The monoisotopic (exact) mass is 789 g/mol. The highest BCUT2D eigenvalue weighted by atomic mass is 32.1. The van der Waals surface area contributed by atoms with Crippen LogP contribution in [0.4, 0.5) is 0 Å². The maximum Gasteiger partial charge on any atom is 0.165 e. The molecule has 0 unspecified atom stereocenters. The smallest absolute Gasteiger partial charge is 0.165 e. The Bertz CT molecular complexity index is 3570. The number of hydrogen-bond acceptors (Lipinski definition) is 6. The van der Waals surface area contributed by atoms with Crippen LogP contribution in [0.15, 0.2) is 188 Å². The van der Waals surface area contributed by atoms with Gasteiger partial charge in [-0.3, -0.25) is 4.57 Å². The summed E-state index contributed by atoms with van der Waals surface area (Å²) in [6.07, 6.45) is 0. The topological polar surface area (TPSA) is 56.5 Å². The van der Waals surface area contributed by atoms with E-state index in [1.807, 2.05) is 30.3 Å². The zero-order valence-corrected chi connectivity index (χ0v) is 33.1. The van der Waals surface area contributed by atoms with Crippen LogP contribution in [0, 0.1) is 0 Å². The van der Waals surface area contributed by atoms with E-state index in [4.69, 9.17) is 19.9 Å². The number of aromatic nitrogens is 5. The minimum Gasteiger partial charge on any atom is -0.292 e. The number of benzene rings is 8. The third-order valence-corrected chi connectivity index (χ3v) is 13.4. The van der Waals surface area contributed by atoms with E-state index in [0.717, 1.165) is 60.6 Å². The number of thiophene rings is 2. The summed E-state index contributed by atoms with van der Waals surface area (Å²) in [5, 5.41) is 4.78. The minimum atomic E-state index is 0.656. The predicted octanol–water partition coefficient (Wildman–Crippen LogP) is 14.3. The van der Waals surface area contributed by atoms with E-state index < -0.39 is 0 Å². The van der Waals surface area contributed by atoms with Gasteiger partial charge in [0.2, 0.25) is 0 Å². The minimum absolute atomic E-state index is 0.656. The second kappa shape index (κ2) is 13.7. The van der Waals surface area contributed by atoms with Gasteiger partial charge in [-0.2, -0.15) is 0 Å². The molecule has 12 rings (SSSR count). The molecule has 0 aliphatic heterocycles. The number of para-hydroxylation sites is 3. The molecule has 0 radical (unpaired) electrons. The average Bonchev–Trinajstić information content (AvgIpc) is 4.01. The molecule has 0 amide bonds. The Morgan fingerprint density at radius 2 is 1.00 bits per heavy atom. The highest BCUT2D eigenvalue weighted by Gasteiger charge is 2.20. The quantitative estimate of drug-likeness (QED) is 0.168. The molecule has 4 heterocycles. The molecular formula is C52H31N5S2. The Hall–Kier alpha value is -7.32. The summed E-state index contributed by atoms with van der Waals surface area (Å²) in [4.78, 5) is 20.8. The summed E-state index contributed by atoms with van der Waals surface area (Å²) in [7, 11) is 0. The van der Waals surface area contributed by atoms with E-state index in [-0.39, 0.29) is 0 Å². The maximum atomic E-state index is 5.29. The van der Waals surface area contributed by atoms with Crippen molar-refractivity contribution in [1.82, 2.24) is 24.5 Å². The van der Waals surface area contributed by atoms with Crippen LogP contribution in [-0.4, -0.2) is 24.5 Å². The van der Waals surface area contributed by atoms with Crippen LogP contribution < -0.4 is 0 Å². The Morgan fingerprint density at radius 1 is 0.373 bits per heavy atom. The lowest BCUT2D eigenvalue weighted by Crippen LogP contribution is -2.00.